The van der Waals surface area contributed by atoms with Crippen molar-refractivity contribution >= 4 is 23.2 Å². The van der Waals surface area contributed by atoms with E-state index in [2.05, 4.69) is 5.32 Å². The summed E-state index contributed by atoms with van der Waals surface area (Å²) in [4.78, 5) is 27.0. The molecule has 6 nitrogen and oxygen atoms in total. The zero-order chi connectivity index (χ0) is 17.8. The molecule has 2 amide bonds. The third-order valence-electron chi connectivity index (χ3n) is 4.50. The normalized spacial score (nSPS) is 24.6. The van der Waals surface area contributed by atoms with Crippen LogP contribution in [-0.4, -0.2) is 36.6 Å². The van der Waals surface area contributed by atoms with E-state index in [-0.39, 0.29) is 11.6 Å². The summed E-state index contributed by atoms with van der Waals surface area (Å²) in [6.07, 6.45) is -5.11. The lowest BCUT2D eigenvalue weighted by Gasteiger charge is -2.39. The highest BCUT2D eigenvalue weighted by Gasteiger charge is 2.47. The summed E-state index contributed by atoms with van der Waals surface area (Å²) >= 11 is 0. The number of carbonyl (C=O) groups is 2. The van der Waals surface area contributed by atoms with E-state index in [4.69, 9.17) is 5.73 Å². The number of carbonyl (C=O) groups excluding carboxylic acids is 2. The second-order valence-corrected chi connectivity index (χ2v) is 6.01. The number of hydrogen-bond donors (Lipinski definition) is 2. The van der Waals surface area contributed by atoms with E-state index in [0.29, 0.717) is 12.2 Å². The molecule has 0 spiro atoms. The number of hydrogen-bond acceptors (Lipinski definition) is 4. The molecule has 0 unspecified atom stereocenters. The predicted octanol–water partition coefficient (Wildman–Crippen LogP) is 1.05. The largest absolute Gasteiger partial charge is 0.416 e. The topological polar surface area (TPSA) is 78.7 Å². The van der Waals surface area contributed by atoms with Gasteiger partial charge in [-0.15, -0.1) is 0 Å². The van der Waals surface area contributed by atoms with Crippen molar-refractivity contribution in [3.05, 3.63) is 23.8 Å². The Morgan fingerprint density at radius 2 is 2.04 bits per heavy atom. The molecule has 0 aliphatic carbocycles. The number of piperazine rings is 1. The quantitative estimate of drug-likeness (QED) is 0.842. The molecule has 1 saturated heterocycles. The number of nitrogens with one attached hydrogen (secondary N) is 1. The van der Waals surface area contributed by atoms with Gasteiger partial charge in [-0.2, -0.15) is 13.2 Å². The molecule has 3 rings (SSSR count). The van der Waals surface area contributed by atoms with Crippen molar-refractivity contribution in [3.8, 4) is 0 Å². The lowest BCUT2D eigenvalue weighted by atomic mass is 10.1. The number of nitrogens with two attached hydrogens (primary N) is 1. The second kappa shape index (κ2) is 5.37. The van der Waals surface area contributed by atoms with E-state index in [1.807, 2.05) is 0 Å². The van der Waals surface area contributed by atoms with Crippen LogP contribution in [0.4, 0.5) is 24.5 Å². The van der Waals surface area contributed by atoms with E-state index in [9.17, 15) is 22.8 Å². The van der Waals surface area contributed by atoms with Crippen LogP contribution in [0.25, 0.3) is 0 Å². The Hall–Kier alpha value is -2.29. The van der Waals surface area contributed by atoms with Gasteiger partial charge >= 0.3 is 6.18 Å². The van der Waals surface area contributed by atoms with Crippen LogP contribution in [0.2, 0.25) is 0 Å². The number of nitrogens with zero attached hydrogens (tertiary/aromatic N) is 2. The molecule has 0 bridgehead atoms. The van der Waals surface area contributed by atoms with Gasteiger partial charge in [0.05, 0.1) is 23.0 Å². The van der Waals surface area contributed by atoms with Crippen molar-refractivity contribution in [2.75, 3.05) is 16.3 Å². The predicted molar refractivity (Wildman–Crippen MR) is 81.3 cm³/mol. The number of anilines is 2. The van der Waals surface area contributed by atoms with Gasteiger partial charge in [-0.25, -0.2) is 0 Å². The van der Waals surface area contributed by atoms with E-state index in [1.54, 1.807) is 6.92 Å². The van der Waals surface area contributed by atoms with Gasteiger partial charge in [-0.05, 0) is 32.0 Å². The van der Waals surface area contributed by atoms with Gasteiger partial charge in [0.2, 0.25) is 11.8 Å². The van der Waals surface area contributed by atoms with Gasteiger partial charge in [0.1, 0.15) is 12.2 Å². The van der Waals surface area contributed by atoms with Crippen LogP contribution < -0.4 is 20.9 Å². The molecular weight excluding hydrogens is 325 g/mol. The van der Waals surface area contributed by atoms with Crippen LogP contribution in [0, 0.1) is 0 Å². The number of amides is 2. The van der Waals surface area contributed by atoms with Crippen molar-refractivity contribution in [2.24, 2.45) is 5.73 Å². The zero-order valence-electron chi connectivity index (χ0n) is 13.1. The molecular formula is C15H17F3N4O2. The van der Waals surface area contributed by atoms with Crippen LogP contribution in [0.3, 0.4) is 0 Å². The monoisotopic (exact) mass is 342 g/mol. The molecule has 1 aromatic carbocycles. The van der Waals surface area contributed by atoms with Crippen LogP contribution in [0.15, 0.2) is 18.2 Å². The number of halogens is 3. The molecule has 24 heavy (non-hydrogen) atoms. The smallest absolute Gasteiger partial charge is 0.368 e. The van der Waals surface area contributed by atoms with Crippen LogP contribution in [0.5, 0.6) is 0 Å². The Labute approximate surface area is 136 Å². The van der Waals surface area contributed by atoms with Crippen LogP contribution in [-0.2, 0) is 15.8 Å². The van der Waals surface area contributed by atoms with Crippen LogP contribution in [0.1, 0.15) is 19.4 Å². The summed E-state index contributed by atoms with van der Waals surface area (Å²) in [7, 11) is 0. The Kier molecular flexibility index (Phi) is 3.71. The third kappa shape index (κ3) is 2.39. The summed E-state index contributed by atoms with van der Waals surface area (Å²) in [5.41, 5.74) is 5.06. The van der Waals surface area contributed by atoms with Gasteiger partial charge in [-0.3, -0.25) is 14.5 Å². The van der Waals surface area contributed by atoms with Crippen molar-refractivity contribution in [3.63, 3.8) is 0 Å². The Balaban J connectivity index is 2.15. The van der Waals surface area contributed by atoms with Gasteiger partial charge in [0.25, 0.3) is 0 Å². The minimum absolute atomic E-state index is 0.186. The van der Waals surface area contributed by atoms with Gasteiger partial charge in [0.15, 0.2) is 0 Å². The number of primary amides is 1. The summed E-state index contributed by atoms with van der Waals surface area (Å²) in [6.45, 7) is 3.52. The zero-order valence-corrected chi connectivity index (χ0v) is 13.1. The SMILES string of the molecule is C[C@@H]1NC[C@H]2N(C1=O)c1ccc(C(F)(F)F)cc1N2[C@H](C)C(N)=O. The van der Waals surface area contributed by atoms with Crippen molar-refractivity contribution in [1.82, 2.24) is 5.32 Å². The van der Waals surface area contributed by atoms with Gasteiger partial charge in [-0.1, -0.05) is 0 Å². The van der Waals surface area contributed by atoms with E-state index < -0.39 is 35.9 Å². The Morgan fingerprint density at radius 3 is 2.62 bits per heavy atom. The summed E-state index contributed by atoms with van der Waals surface area (Å²) < 4.78 is 39.1. The molecule has 9 heteroatoms. The highest BCUT2D eigenvalue weighted by Crippen LogP contribution is 2.45. The first kappa shape index (κ1) is 16.6. The first-order valence-corrected chi connectivity index (χ1v) is 7.48. The fraction of sp³-hybridized carbons (Fsp3) is 0.467. The first-order valence-electron chi connectivity index (χ1n) is 7.48. The molecule has 2 heterocycles. The summed E-state index contributed by atoms with van der Waals surface area (Å²) in [5, 5.41) is 3.00. The number of fused-ring (bicyclic) bond motifs is 3. The number of rotatable bonds is 2. The second-order valence-electron chi connectivity index (χ2n) is 6.01. The highest BCUT2D eigenvalue weighted by atomic mass is 19.4. The first-order chi connectivity index (χ1) is 11.1. The maximum Gasteiger partial charge on any atom is 0.416 e. The molecule has 130 valence electrons. The molecule has 0 aromatic heterocycles. The Morgan fingerprint density at radius 1 is 1.38 bits per heavy atom. The maximum atomic E-state index is 13.0. The van der Waals surface area contributed by atoms with E-state index in [0.717, 1.165) is 12.1 Å². The van der Waals surface area contributed by atoms with Crippen LogP contribution >= 0.6 is 0 Å². The minimum Gasteiger partial charge on any atom is -0.368 e. The van der Waals surface area contributed by atoms with E-state index >= 15 is 0 Å². The Bertz CT molecular complexity index is 706. The summed E-state index contributed by atoms with van der Waals surface area (Å²) in [5.74, 6) is -0.933. The van der Waals surface area contributed by atoms with Crippen molar-refractivity contribution in [1.29, 1.82) is 0 Å². The molecule has 0 radical (unpaired) electrons. The molecule has 3 N–H and O–H groups in total. The van der Waals surface area contributed by atoms with Crippen molar-refractivity contribution < 1.29 is 22.8 Å². The lowest BCUT2D eigenvalue weighted by Crippen LogP contribution is -2.64. The summed E-state index contributed by atoms with van der Waals surface area (Å²) in [6, 6.07) is 1.86. The van der Waals surface area contributed by atoms with Gasteiger partial charge < -0.3 is 16.0 Å². The number of alkyl halides is 3. The molecule has 1 aromatic rings. The highest BCUT2D eigenvalue weighted by molar-refractivity contribution is 6.05. The number of benzene rings is 1. The average molecular weight is 342 g/mol. The molecule has 1 fully saturated rings. The molecule has 2 aliphatic heterocycles. The minimum atomic E-state index is -4.52. The maximum absolute atomic E-state index is 13.0. The third-order valence-corrected chi connectivity index (χ3v) is 4.50. The fourth-order valence-corrected chi connectivity index (χ4v) is 3.19. The molecule has 3 atom stereocenters. The van der Waals surface area contributed by atoms with Crippen molar-refractivity contribution in [2.45, 2.75) is 38.3 Å². The lowest BCUT2D eigenvalue weighted by molar-refractivity contribution is -0.137. The van der Waals surface area contributed by atoms with E-state index in [1.165, 1.54) is 22.8 Å². The molecule has 2 aliphatic rings. The van der Waals surface area contributed by atoms with Gasteiger partial charge in [0, 0.05) is 6.54 Å². The molecule has 0 saturated carbocycles. The average Bonchev–Trinajstić information content (AvgIpc) is 2.83. The standard InChI is InChI=1S/C15H17F3N4O2/c1-7-14(24)22-10-4-3-9(15(16,17)18)5-11(10)21(8(2)13(19)23)12(22)6-20-7/h3-5,7-8,12,20H,6H2,1-2H3,(H2,19,23)/t7-,8+,12+/m0/s1. The fourth-order valence-electron chi connectivity index (χ4n) is 3.19.